The molecule has 2 aromatic carbocycles. The number of carbonyl (C=O) groups excluding carboxylic acids is 1. The van der Waals surface area contributed by atoms with Crippen molar-refractivity contribution in [1.29, 1.82) is 0 Å². The SMILES string of the molecule is COc1ccc(CCNc2ccc(C(=O)NCc3ccccc3)nn2)cc1. The maximum Gasteiger partial charge on any atom is 0.272 e. The fourth-order valence-electron chi connectivity index (χ4n) is 2.54. The minimum atomic E-state index is -0.240. The number of hydrogen-bond donors (Lipinski definition) is 2. The summed E-state index contributed by atoms with van der Waals surface area (Å²) >= 11 is 0. The van der Waals surface area contributed by atoms with Gasteiger partial charge in [0.15, 0.2) is 5.69 Å². The van der Waals surface area contributed by atoms with E-state index in [0.717, 1.165) is 24.3 Å². The number of benzene rings is 2. The summed E-state index contributed by atoms with van der Waals surface area (Å²) < 4.78 is 5.15. The number of aromatic nitrogens is 2. The summed E-state index contributed by atoms with van der Waals surface area (Å²) in [4.78, 5) is 12.1. The van der Waals surface area contributed by atoms with E-state index >= 15 is 0 Å². The second kappa shape index (κ2) is 9.33. The van der Waals surface area contributed by atoms with Gasteiger partial charge in [-0.3, -0.25) is 4.79 Å². The first-order valence-corrected chi connectivity index (χ1v) is 8.77. The lowest BCUT2D eigenvalue weighted by Crippen LogP contribution is -2.24. The van der Waals surface area contributed by atoms with E-state index in [-0.39, 0.29) is 5.91 Å². The Morgan fingerprint density at radius 2 is 1.70 bits per heavy atom. The number of nitrogens with one attached hydrogen (secondary N) is 2. The minimum absolute atomic E-state index is 0.240. The molecule has 0 unspecified atom stereocenters. The van der Waals surface area contributed by atoms with Gasteiger partial charge >= 0.3 is 0 Å². The minimum Gasteiger partial charge on any atom is -0.497 e. The largest absolute Gasteiger partial charge is 0.497 e. The van der Waals surface area contributed by atoms with Crippen molar-refractivity contribution in [2.75, 3.05) is 19.0 Å². The number of rotatable bonds is 8. The first-order valence-electron chi connectivity index (χ1n) is 8.77. The molecule has 3 rings (SSSR count). The van der Waals surface area contributed by atoms with Crippen LogP contribution in [0.15, 0.2) is 66.7 Å². The second-order valence-corrected chi connectivity index (χ2v) is 6.00. The molecule has 138 valence electrons. The third-order valence-electron chi connectivity index (χ3n) is 4.07. The zero-order chi connectivity index (χ0) is 18.9. The lowest BCUT2D eigenvalue weighted by atomic mass is 10.1. The lowest BCUT2D eigenvalue weighted by Gasteiger charge is -2.07. The summed E-state index contributed by atoms with van der Waals surface area (Å²) in [7, 11) is 1.65. The molecule has 0 fully saturated rings. The van der Waals surface area contributed by atoms with E-state index in [1.54, 1.807) is 19.2 Å². The van der Waals surface area contributed by atoms with Crippen molar-refractivity contribution in [2.45, 2.75) is 13.0 Å². The fourth-order valence-corrected chi connectivity index (χ4v) is 2.54. The molecule has 0 spiro atoms. The molecular formula is C21H22N4O2. The summed E-state index contributed by atoms with van der Waals surface area (Å²) in [6.45, 7) is 1.18. The monoisotopic (exact) mass is 362 g/mol. The molecule has 0 bridgehead atoms. The van der Waals surface area contributed by atoms with E-state index in [1.807, 2.05) is 54.6 Å². The van der Waals surface area contributed by atoms with Crippen LogP contribution in [0.4, 0.5) is 5.82 Å². The molecule has 0 saturated carbocycles. The predicted molar refractivity (Wildman–Crippen MR) is 105 cm³/mol. The van der Waals surface area contributed by atoms with Gasteiger partial charge in [0.25, 0.3) is 5.91 Å². The van der Waals surface area contributed by atoms with Crippen LogP contribution in [0.1, 0.15) is 21.6 Å². The van der Waals surface area contributed by atoms with Gasteiger partial charge in [0, 0.05) is 13.1 Å². The van der Waals surface area contributed by atoms with Crippen LogP contribution in [0.2, 0.25) is 0 Å². The number of carbonyl (C=O) groups is 1. The molecule has 1 aromatic heterocycles. The Hall–Kier alpha value is -3.41. The van der Waals surface area contributed by atoms with Crippen molar-refractivity contribution >= 4 is 11.7 Å². The van der Waals surface area contributed by atoms with Gasteiger partial charge < -0.3 is 15.4 Å². The van der Waals surface area contributed by atoms with Gasteiger partial charge in [-0.2, -0.15) is 0 Å². The number of ether oxygens (including phenoxy) is 1. The van der Waals surface area contributed by atoms with E-state index in [1.165, 1.54) is 5.56 Å². The topological polar surface area (TPSA) is 76.1 Å². The van der Waals surface area contributed by atoms with E-state index in [2.05, 4.69) is 20.8 Å². The second-order valence-electron chi connectivity index (χ2n) is 6.00. The van der Waals surface area contributed by atoms with Crippen LogP contribution in [0.3, 0.4) is 0 Å². The van der Waals surface area contributed by atoms with E-state index in [9.17, 15) is 4.79 Å². The molecule has 3 aromatic rings. The number of amides is 1. The smallest absolute Gasteiger partial charge is 0.272 e. The third-order valence-corrected chi connectivity index (χ3v) is 4.07. The molecule has 0 aliphatic rings. The molecule has 0 atom stereocenters. The molecule has 1 heterocycles. The molecule has 1 amide bonds. The lowest BCUT2D eigenvalue weighted by molar-refractivity contribution is 0.0945. The molecule has 0 aliphatic heterocycles. The molecule has 0 radical (unpaired) electrons. The van der Waals surface area contributed by atoms with Gasteiger partial charge in [-0.1, -0.05) is 42.5 Å². The Morgan fingerprint density at radius 3 is 2.37 bits per heavy atom. The molecule has 6 nitrogen and oxygen atoms in total. The average molecular weight is 362 g/mol. The molecular weight excluding hydrogens is 340 g/mol. The van der Waals surface area contributed by atoms with Gasteiger partial charge in [-0.15, -0.1) is 10.2 Å². The maximum atomic E-state index is 12.1. The first kappa shape index (κ1) is 18.4. The van der Waals surface area contributed by atoms with E-state index < -0.39 is 0 Å². The van der Waals surface area contributed by atoms with Crippen LogP contribution in [-0.4, -0.2) is 29.8 Å². The van der Waals surface area contributed by atoms with Crippen molar-refractivity contribution in [3.63, 3.8) is 0 Å². The molecule has 6 heteroatoms. The van der Waals surface area contributed by atoms with Gasteiger partial charge in [0.05, 0.1) is 7.11 Å². The highest BCUT2D eigenvalue weighted by Gasteiger charge is 2.08. The quantitative estimate of drug-likeness (QED) is 0.644. The van der Waals surface area contributed by atoms with Crippen LogP contribution < -0.4 is 15.4 Å². The first-order chi connectivity index (χ1) is 13.2. The Labute approximate surface area is 158 Å². The summed E-state index contributed by atoms with van der Waals surface area (Å²) in [5.74, 6) is 1.25. The van der Waals surface area contributed by atoms with Gasteiger partial charge in [-0.25, -0.2) is 0 Å². The molecule has 27 heavy (non-hydrogen) atoms. The normalized spacial score (nSPS) is 10.3. The zero-order valence-corrected chi connectivity index (χ0v) is 15.2. The highest BCUT2D eigenvalue weighted by atomic mass is 16.5. The van der Waals surface area contributed by atoms with Crippen LogP contribution >= 0.6 is 0 Å². The highest BCUT2D eigenvalue weighted by Crippen LogP contribution is 2.12. The van der Waals surface area contributed by atoms with Gasteiger partial charge in [-0.05, 0) is 41.8 Å². The predicted octanol–water partition coefficient (Wildman–Crippen LogP) is 3.07. The van der Waals surface area contributed by atoms with Crippen molar-refractivity contribution in [2.24, 2.45) is 0 Å². The summed E-state index contributed by atoms with van der Waals surface area (Å²) in [6, 6.07) is 21.1. The van der Waals surface area contributed by atoms with Crippen LogP contribution in [-0.2, 0) is 13.0 Å². The van der Waals surface area contributed by atoms with Crippen LogP contribution in [0.5, 0.6) is 5.75 Å². The fraction of sp³-hybridized carbons (Fsp3) is 0.190. The van der Waals surface area contributed by atoms with Gasteiger partial charge in [0.1, 0.15) is 11.6 Å². The highest BCUT2D eigenvalue weighted by molar-refractivity contribution is 5.92. The summed E-state index contributed by atoms with van der Waals surface area (Å²) in [5.41, 5.74) is 2.54. The molecule has 2 N–H and O–H groups in total. The van der Waals surface area contributed by atoms with E-state index in [0.29, 0.717) is 18.1 Å². The van der Waals surface area contributed by atoms with Crippen molar-refractivity contribution in [3.8, 4) is 5.75 Å². The third kappa shape index (κ3) is 5.54. The summed E-state index contributed by atoms with van der Waals surface area (Å²) in [6.07, 6.45) is 0.852. The van der Waals surface area contributed by atoms with Crippen molar-refractivity contribution < 1.29 is 9.53 Å². The molecule has 0 aliphatic carbocycles. The van der Waals surface area contributed by atoms with E-state index in [4.69, 9.17) is 4.74 Å². The Kier molecular flexibility index (Phi) is 6.35. The number of hydrogen-bond acceptors (Lipinski definition) is 5. The summed E-state index contributed by atoms with van der Waals surface area (Å²) in [5, 5.41) is 14.1. The Bertz CT molecular complexity index is 850. The zero-order valence-electron chi connectivity index (χ0n) is 15.2. The Morgan fingerprint density at radius 1 is 0.926 bits per heavy atom. The number of nitrogens with zero attached hydrogens (tertiary/aromatic N) is 2. The average Bonchev–Trinajstić information content (AvgIpc) is 2.74. The Balaban J connectivity index is 1.45. The van der Waals surface area contributed by atoms with Gasteiger partial charge in [0.2, 0.25) is 0 Å². The standard InChI is InChI=1S/C21H22N4O2/c1-27-18-9-7-16(8-10-18)13-14-22-20-12-11-19(24-25-20)21(26)23-15-17-5-3-2-4-6-17/h2-12H,13-15H2,1H3,(H,22,25)(H,23,26). The van der Waals surface area contributed by atoms with Crippen LogP contribution in [0.25, 0.3) is 0 Å². The molecule has 0 saturated heterocycles. The maximum absolute atomic E-state index is 12.1. The number of methoxy groups -OCH3 is 1. The van der Waals surface area contributed by atoms with Crippen molar-refractivity contribution in [1.82, 2.24) is 15.5 Å². The van der Waals surface area contributed by atoms with Crippen molar-refractivity contribution in [3.05, 3.63) is 83.6 Å². The van der Waals surface area contributed by atoms with Crippen LogP contribution in [0, 0.1) is 0 Å². The number of anilines is 1.